The van der Waals surface area contributed by atoms with Gasteiger partial charge in [0.2, 0.25) is 11.8 Å². The summed E-state index contributed by atoms with van der Waals surface area (Å²) in [7, 11) is 0. The van der Waals surface area contributed by atoms with Gasteiger partial charge in [0.05, 0.1) is 0 Å². The van der Waals surface area contributed by atoms with Gasteiger partial charge in [0.25, 0.3) is 0 Å². The molecule has 0 saturated carbocycles. The molecule has 1 aliphatic rings. The molecule has 1 heterocycles. The van der Waals surface area contributed by atoms with Crippen LogP contribution in [0.2, 0.25) is 0 Å². The van der Waals surface area contributed by atoms with Crippen molar-refractivity contribution in [1.29, 1.82) is 0 Å². The predicted molar refractivity (Wildman–Crippen MR) is 107 cm³/mol. The summed E-state index contributed by atoms with van der Waals surface area (Å²) >= 11 is 0. The van der Waals surface area contributed by atoms with Crippen molar-refractivity contribution in [1.82, 2.24) is 15.1 Å². The van der Waals surface area contributed by atoms with Crippen molar-refractivity contribution in [2.75, 3.05) is 32.7 Å². The molecule has 0 spiro atoms. The molecule has 0 bridgehead atoms. The van der Waals surface area contributed by atoms with Crippen molar-refractivity contribution in [3.63, 3.8) is 0 Å². The highest BCUT2D eigenvalue weighted by Crippen LogP contribution is 2.12. The summed E-state index contributed by atoms with van der Waals surface area (Å²) in [6.07, 6.45) is 0.242. The lowest BCUT2D eigenvalue weighted by atomic mass is 10.1. The van der Waals surface area contributed by atoms with Crippen LogP contribution in [0, 0.1) is 5.82 Å². The number of halogens is 1. The van der Waals surface area contributed by atoms with Crippen molar-refractivity contribution in [2.24, 2.45) is 0 Å². The van der Waals surface area contributed by atoms with Crippen LogP contribution in [0.1, 0.15) is 39.2 Å². The van der Waals surface area contributed by atoms with Crippen LogP contribution < -0.4 is 5.32 Å². The first-order valence-electron chi connectivity index (χ1n) is 9.91. The lowest BCUT2D eigenvalue weighted by Crippen LogP contribution is -2.51. The molecule has 1 fully saturated rings. The first-order chi connectivity index (χ1) is 13.7. The Kier molecular flexibility index (Phi) is 7.99. The molecule has 1 aliphatic heterocycles. The standard InChI is InChI=1S/C21H30FN3O4/c1-21(2,3)29-20(28)23-11-10-19(27)25-14-12-24(13-15-25)18(26)9-8-16-6-4-5-7-17(16)22/h4-7H,8-15H2,1-3H3,(H,23,28). The summed E-state index contributed by atoms with van der Waals surface area (Å²) < 4.78 is 18.8. The summed E-state index contributed by atoms with van der Waals surface area (Å²) in [6, 6.07) is 6.46. The van der Waals surface area contributed by atoms with E-state index in [0.717, 1.165) is 0 Å². The topological polar surface area (TPSA) is 79.0 Å². The third-order valence-corrected chi connectivity index (χ3v) is 4.56. The number of benzene rings is 1. The van der Waals surface area contributed by atoms with E-state index in [1.165, 1.54) is 6.07 Å². The SMILES string of the molecule is CC(C)(C)OC(=O)NCCC(=O)N1CCN(C(=O)CCc2ccccc2F)CC1. The summed E-state index contributed by atoms with van der Waals surface area (Å²) in [5.41, 5.74) is -0.0457. The number of alkyl carbamates (subject to hydrolysis) is 1. The minimum absolute atomic E-state index is 0.0352. The number of ether oxygens (including phenoxy) is 1. The molecule has 3 amide bonds. The molecule has 2 rings (SSSR count). The molecule has 0 aromatic heterocycles. The van der Waals surface area contributed by atoms with E-state index in [1.807, 2.05) is 0 Å². The third kappa shape index (κ3) is 7.71. The second-order valence-corrected chi connectivity index (χ2v) is 8.03. The third-order valence-electron chi connectivity index (χ3n) is 4.56. The van der Waals surface area contributed by atoms with Crippen LogP contribution in [-0.2, 0) is 20.7 Å². The normalized spacial score (nSPS) is 14.5. The molecule has 0 aliphatic carbocycles. The molecule has 0 atom stereocenters. The van der Waals surface area contributed by atoms with Gasteiger partial charge in [-0.05, 0) is 38.8 Å². The number of rotatable bonds is 6. The van der Waals surface area contributed by atoms with Gasteiger partial charge in [-0.3, -0.25) is 9.59 Å². The number of hydrogen-bond donors (Lipinski definition) is 1. The molecule has 0 unspecified atom stereocenters. The number of piperazine rings is 1. The highest BCUT2D eigenvalue weighted by atomic mass is 19.1. The predicted octanol–water partition coefficient (Wildman–Crippen LogP) is 2.34. The highest BCUT2D eigenvalue weighted by Gasteiger charge is 2.24. The lowest BCUT2D eigenvalue weighted by molar-refractivity contribution is -0.139. The van der Waals surface area contributed by atoms with E-state index < -0.39 is 11.7 Å². The first-order valence-corrected chi connectivity index (χ1v) is 9.91. The summed E-state index contributed by atoms with van der Waals surface area (Å²) in [4.78, 5) is 39.6. The van der Waals surface area contributed by atoms with Gasteiger partial charge in [-0.25, -0.2) is 9.18 Å². The zero-order valence-corrected chi connectivity index (χ0v) is 17.4. The van der Waals surface area contributed by atoms with E-state index in [0.29, 0.717) is 38.2 Å². The Labute approximate surface area is 171 Å². The maximum atomic E-state index is 13.7. The van der Waals surface area contributed by atoms with E-state index in [2.05, 4.69) is 5.32 Å². The van der Waals surface area contributed by atoms with Gasteiger partial charge < -0.3 is 19.9 Å². The second-order valence-electron chi connectivity index (χ2n) is 8.03. The molecule has 29 heavy (non-hydrogen) atoms. The smallest absolute Gasteiger partial charge is 0.407 e. The highest BCUT2D eigenvalue weighted by molar-refractivity contribution is 5.79. The van der Waals surface area contributed by atoms with E-state index in [4.69, 9.17) is 4.74 Å². The molecule has 0 radical (unpaired) electrons. The summed E-state index contributed by atoms with van der Waals surface area (Å²) in [6.45, 7) is 7.35. The van der Waals surface area contributed by atoms with Gasteiger partial charge in [0.1, 0.15) is 11.4 Å². The Balaban J connectivity index is 1.67. The number of carbonyl (C=O) groups is 3. The molecular formula is C21H30FN3O4. The number of nitrogens with one attached hydrogen (secondary N) is 1. The van der Waals surface area contributed by atoms with E-state index in [1.54, 1.807) is 48.8 Å². The molecule has 160 valence electrons. The number of carbonyl (C=O) groups excluding carboxylic acids is 3. The van der Waals surface area contributed by atoms with Crippen molar-refractivity contribution >= 4 is 17.9 Å². The van der Waals surface area contributed by atoms with E-state index in [9.17, 15) is 18.8 Å². The van der Waals surface area contributed by atoms with Gasteiger partial charge in [0.15, 0.2) is 0 Å². The van der Waals surface area contributed by atoms with Crippen molar-refractivity contribution < 1.29 is 23.5 Å². The number of nitrogens with zero attached hydrogens (tertiary/aromatic N) is 2. The largest absolute Gasteiger partial charge is 0.444 e. The quantitative estimate of drug-likeness (QED) is 0.785. The number of amides is 3. The lowest BCUT2D eigenvalue weighted by Gasteiger charge is -2.35. The minimum Gasteiger partial charge on any atom is -0.444 e. The van der Waals surface area contributed by atoms with Gasteiger partial charge in [-0.15, -0.1) is 0 Å². The molecule has 1 saturated heterocycles. The Morgan fingerprint density at radius 3 is 2.10 bits per heavy atom. The van der Waals surface area contributed by atoms with Gasteiger partial charge >= 0.3 is 6.09 Å². The zero-order chi connectivity index (χ0) is 21.4. The fourth-order valence-electron chi connectivity index (χ4n) is 3.05. The molecule has 7 nitrogen and oxygen atoms in total. The molecule has 1 aromatic carbocycles. The maximum absolute atomic E-state index is 13.7. The van der Waals surface area contributed by atoms with Crippen LogP contribution in [0.4, 0.5) is 9.18 Å². The zero-order valence-electron chi connectivity index (χ0n) is 17.4. The fourth-order valence-corrected chi connectivity index (χ4v) is 3.05. The molecular weight excluding hydrogens is 377 g/mol. The van der Waals surface area contributed by atoms with Gasteiger partial charge in [0, 0.05) is 45.6 Å². The van der Waals surface area contributed by atoms with E-state index in [-0.39, 0.29) is 37.0 Å². The fraction of sp³-hybridized carbons (Fsp3) is 0.571. The minimum atomic E-state index is -0.580. The van der Waals surface area contributed by atoms with Crippen molar-refractivity contribution in [2.45, 2.75) is 45.6 Å². The Morgan fingerprint density at radius 2 is 1.55 bits per heavy atom. The molecule has 1 aromatic rings. The number of aryl methyl sites for hydroxylation is 1. The summed E-state index contributed by atoms with van der Waals surface area (Å²) in [5, 5.41) is 2.57. The van der Waals surface area contributed by atoms with Crippen molar-refractivity contribution in [3.05, 3.63) is 35.6 Å². The first kappa shape index (κ1) is 22.6. The monoisotopic (exact) mass is 407 g/mol. The van der Waals surface area contributed by atoms with Crippen LogP contribution in [0.5, 0.6) is 0 Å². The average molecular weight is 407 g/mol. The molecule has 1 N–H and O–H groups in total. The Bertz CT molecular complexity index is 725. The van der Waals surface area contributed by atoms with E-state index >= 15 is 0 Å². The Hall–Kier alpha value is -2.64. The van der Waals surface area contributed by atoms with Crippen LogP contribution >= 0.6 is 0 Å². The number of hydrogen-bond acceptors (Lipinski definition) is 4. The van der Waals surface area contributed by atoms with Gasteiger partial charge in [-0.2, -0.15) is 0 Å². The van der Waals surface area contributed by atoms with Crippen molar-refractivity contribution in [3.8, 4) is 0 Å². The second kappa shape index (κ2) is 10.2. The maximum Gasteiger partial charge on any atom is 0.407 e. The van der Waals surface area contributed by atoms with Gasteiger partial charge in [-0.1, -0.05) is 18.2 Å². The van der Waals surface area contributed by atoms with Crippen LogP contribution in [0.15, 0.2) is 24.3 Å². The van der Waals surface area contributed by atoms with Crippen LogP contribution in [0.3, 0.4) is 0 Å². The Morgan fingerprint density at radius 1 is 1.00 bits per heavy atom. The summed E-state index contributed by atoms with van der Waals surface area (Å²) in [5.74, 6) is -0.401. The molecule has 8 heteroatoms. The van der Waals surface area contributed by atoms with Crippen LogP contribution in [-0.4, -0.2) is 66.0 Å². The van der Waals surface area contributed by atoms with Crippen LogP contribution in [0.25, 0.3) is 0 Å². The average Bonchev–Trinajstić information content (AvgIpc) is 2.65.